The lowest BCUT2D eigenvalue weighted by atomic mass is 9.79. The van der Waals surface area contributed by atoms with Gasteiger partial charge in [-0.05, 0) is 48.8 Å². The maximum Gasteiger partial charge on any atom is 0.488 e. The topological polar surface area (TPSA) is 128 Å². The molecule has 0 saturated heterocycles. The molecule has 5 rings (SSSR count). The molecule has 0 radical (unpaired) electrons. The number of benzene rings is 2. The van der Waals surface area contributed by atoms with Crippen molar-refractivity contribution in [3.05, 3.63) is 70.9 Å². The average molecular weight is 493 g/mol. The lowest BCUT2D eigenvalue weighted by Crippen LogP contribution is -2.55. The molecular formula is C24H28BN5O4S. The fraction of sp³-hybridized carbons (Fsp3) is 0.333. The van der Waals surface area contributed by atoms with Crippen LogP contribution in [0.4, 0.5) is 17.5 Å². The van der Waals surface area contributed by atoms with Gasteiger partial charge in [-0.25, -0.2) is 13.4 Å². The quantitative estimate of drug-likeness (QED) is 0.362. The molecule has 1 aromatic heterocycles. The monoisotopic (exact) mass is 493 g/mol. The van der Waals surface area contributed by atoms with E-state index in [1.165, 1.54) is 0 Å². The van der Waals surface area contributed by atoms with Crippen molar-refractivity contribution >= 4 is 40.1 Å². The van der Waals surface area contributed by atoms with E-state index in [1.54, 1.807) is 18.2 Å². The molecule has 35 heavy (non-hydrogen) atoms. The van der Waals surface area contributed by atoms with Crippen molar-refractivity contribution in [2.75, 3.05) is 16.5 Å². The van der Waals surface area contributed by atoms with Gasteiger partial charge in [0.25, 0.3) is 0 Å². The fourth-order valence-corrected chi connectivity index (χ4v) is 6.08. The molecule has 3 aromatic rings. The van der Waals surface area contributed by atoms with Crippen LogP contribution in [-0.4, -0.2) is 47.5 Å². The largest absolute Gasteiger partial charge is 0.488 e. The third kappa shape index (κ3) is 4.77. The summed E-state index contributed by atoms with van der Waals surface area (Å²) in [4.78, 5) is 11.7. The summed E-state index contributed by atoms with van der Waals surface area (Å²) in [6, 6.07) is 14.9. The van der Waals surface area contributed by atoms with Crippen molar-refractivity contribution < 1.29 is 18.5 Å². The van der Waals surface area contributed by atoms with Gasteiger partial charge in [0, 0.05) is 24.2 Å². The molecule has 2 aromatic carbocycles. The van der Waals surface area contributed by atoms with Gasteiger partial charge in [-0.15, -0.1) is 0 Å². The van der Waals surface area contributed by atoms with Crippen LogP contribution in [0.5, 0.6) is 0 Å². The van der Waals surface area contributed by atoms with Crippen molar-refractivity contribution in [3.63, 3.8) is 0 Å². The zero-order valence-corrected chi connectivity index (χ0v) is 20.5. The number of hydrogen-bond acceptors (Lipinski definition) is 8. The van der Waals surface area contributed by atoms with Crippen molar-refractivity contribution in [1.29, 1.82) is 0 Å². The van der Waals surface area contributed by atoms with Gasteiger partial charge < -0.3 is 15.4 Å². The fourth-order valence-electron chi connectivity index (χ4n) is 5.12. The third-order valence-corrected chi connectivity index (χ3v) is 7.31. The van der Waals surface area contributed by atoms with Gasteiger partial charge in [0.1, 0.15) is 11.5 Å². The summed E-state index contributed by atoms with van der Waals surface area (Å²) < 4.78 is 27.4. The Balaban J connectivity index is 1.54. The molecule has 0 amide bonds. The number of nitrogens with one attached hydrogen (secondary N) is 2. The summed E-state index contributed by atoms with van der Waals surface area (Å²) in [5.74, 6) is 1.15. The van der Waals surface area contributed by atoms with Gasteiger partial charge in [-0.3, -0.25) is 4.90 Å². The molecule has 0 fully saturated rings. The molecule has 1 atom stereocenters. The van der Waals surface area contributed by atoms with Crippen molar-refractivity contribution in [2.45, 2.75) is 44.8 Å². The van der Waals surface area contributed by atoms with Gasteiger partial charge in [0.15, 0.2) is 0 Å². The Kier molecular flexibility index (Phi) is 6.04. The summed E-state index contributed by atoms with van der Waals surface area (Å²) >= 11 is 0. The van der Waals surface area contributed by atoms with Crippen LogP contribution in [-0.2, 0) is 35.8 Å². The van der Waals surface area contributed by atoms with Crippen molar-refractivity contribution in [2.24, 2.45) is 0 Å². The molecule has 4 N–H and O–H groups in total. The molecule has 2 heterocycles. The number of aryl methyl sites for hydroxylation is 1. The molecule has 182 valence electrons. The normalized spacial score (nSPS) is 18.9. The first kappa shape index (κ1) is 23.7. The van der Waals surface area contributed by atoms with E-state index < -0.39 is 22.8 Å². The number of sulfonamides is 1. The summed E-state index contributed by atoms with van der Waals surface area (Å²) in [6.07, 6.45) is 4.31. The van der Waals surface area contributed by atoms with Gasteiger partial charge in [0.05, 0.1) is 11.9 Å². The zero-order chi connectivity index (χ0) is 24.8. The Labute approximate surface area is 205 Å². The van der Waals surface area contributed by atoms with Gasteiger partial charge in [-0.1, -0.05) is 42.5 Å². The summed E-state index contributed by atoms with van der Waals surface area (Å²) in [5.41, 5.74) is 4.28. The summed E-state index contributed by atoms with van der Waals surface area (Å²) in [6.45, 7) is 2.29. The SMILES string of the molecule is CC1(NS(C)(=O)=O)Cc2ccccc2N1c1nc2c(c(NCc3cccc(B(O)O)c3)n1)CCC2. The first-order valence-electron chi connectivity index (χ1n) is 11.6. The molecule has 1 aliphatic heterocycles. The molecule has 0 saturated carbocycles. The molecule has 1 aliphatic carbocycles. The van der Waals surface area contributed by atoms with E-state index in [1.807, 2.05) is 42.2 Å². The maximum atomic E-state index is 12.3. The van der Waals surface area contributed by atoms with Crippen molar-refractivity contribution in [1.82, 2.24) is 14.7 Å². The van der Waals surface area contributed by atoms with E-state index in [0.717, 1.165) is 53.6 Å². The van der Waals surface area contributed by atoms with Crippen LogP contribution >= 0.6 is 0 Å². The van der Waals surface area contributed by atoms with E-state index in [2.05, 4.69) is 10.0 Å². The standard InChI is InChI=1S/C24H28BN5O4S/c1-24(29-35(2,33)34)14-17-8-3-4-12-21(17)30(24)23-27-20-11-6-10-19(20)22(28-23)26-15-16-7-5-9-18(13-16)25(31)32/h3-5,7-9,12-13,29,31-32H,6,10-11,14-15H2,1-2H3,(H,26,27,28). The van der Waals surface area contributed by atoms with E-state index in [0.29, 0.717) is 30.2 Å². The van der Waals surface area contributed by atoms with E-state index in [9.17, 15) is 18.5 Å². The third-order valence-electron chi connectivity index (χ3n) is 6.50. The van der Waals surface area contributed by atoms with E-state index >= 15 is 0 Å². The number of rotatable bonds is 7. The molecule has 11 heteroatoms. The Morgan fingerprint density at radius 1 is 1.11 bits per heavy atom. The van der Waals surface area contributed by atoms with Crippen LogP contribution in [0, 0.1) is 0 Å². The molecule has 2 aliphatic rings. The van der Waals surface area contributed by atoms with E-state index in [-0.39, 0.29) is 0 Å². The Morgan fingerprint density at radius 2 is 1.91 bits per heavy atom. The van der Waals surface area contributed by atoms with E-state index in [4.69, 9.17) is 9.97 Å². The van der Waals surface area contributed by atoms with Crippen LogP contribution in [0.25, 0.3) is 0 Å². The minimum Gasteiger partial charge on any atom is -0.423 e. The van der Waals surface area contributed by atoms with Gasteiger partial charge in [0.2, 0.25) is 16.0 Å². The molecular weight excluding hydrogens is 465 g/mol. The highest BCUT2D eigenvalue weighted by atomic mass is 32.2. The minimum atomic E-state index is -3.51. The smallest absolute Gasteiger partial charge is 0.423 e. The lowest BCUT2D eigenvalue weighted by molar-refractivity contribution is 0.425. The maximum absolute atomic E-state index is 12.3. The van der Waals surface area contributed by atoms with Gasteiger partial charge >= 0.3 is 7.12 Å². The number of aromatic nitrogens is 2. The lowest BCUT2D eigenvalue weighted by Gasteiger charge is -2.36. The van der Waals surface area contributed by atoms with Crippen LogP contribution in [0.15, 0.2) is 48.5 Å². The average Bonchev–Trinajstić information content (AvgIpc) is 3.37. The van der Waals surface area contributed by atoms with Crippen LogP contribution in [0.1, 0.15) is 35.7 Å². The molecule has 9 nitrogen and oxygen atoms in total. The number of anilines is 3. The second-order valence-corrected chi connectivity index (χ2v) is 11.2. The molecule has 0 spiro atoms. The van der Waals surface area contributed by atoms with Crippen LogP contribution < -0.4 is 20.4 Å². The second-order valence-electron chi connectivity index (χ2n) is 9.41. The Morgan fingerprint density at radius 3 is 2.69 bits per heavy atom. The number of para-hydroxylation sites is 1. The predicted octanol–water partition coefficient (Wildman–Crippen LogP) is 1.22. The highest BCUT2D eigenvalue weighted by Crippen LogP contribution is 2.43. The number of fused-ring (bicyclic) bond motifs is 2. The number of hydrogen-bond donors (Lipinski definition) is 4. The highest BCUT2D eigenvalue weighted by molar-refractivity contribution is 7.88. The molecule has 0 bridgehead atoms. The Bertz CT molecular complexity index is 1380. The number of nitrogens with zero attached hydrogens (tertiary/aromatic N) is 3. The van der Waals surface area contributed by atoms with Crippen LogP contribution in [0.3, 0.4) is 0 Å². The first-order chi connectivity index (χ1) is 16.6. The predicted molar refractivity (Wildman–Crippen MR) is 136 cm³/mol. The van der Waals surface area contributed by atoms with Crippen molar-refractivity contribution in [3.8, 4) is 0 Å². The zero-order valence-electron chi connectivity index (χ0n) is 19.7. The minimum absolute atomic E-state index is 0.425. The second kappa shape index (κ2) is 8.91. The Hall–Kier alpha value is -2.99. The summed E-state index contributed by atoms with van der Waals surface area (Å²) in [5, 5.41) is 22.4. The molecule has 1 unspecified atom stereocenters. The summed E-state index contributed by atoms with van der Waals surface area (Å²) in [7, 11) is -5.04. The van der Waals surface area contributed by atoms with Crippen LogP contribution in [0.2, 0.25) is 0 Å². The first-order valence-corrected chi connectivity index (χ1v) is 13.5. The van der Waals surface area contributed by atoms with Gasteiger partial charge in [-0.2, -0.15) is 9.71 Å². The highest BCUT2D eigenvalue weighted by Gasteiger charge is 2.44.